The first-order valence-electron chi connectivity index (χ1n) is 6.51. The molecule has 2 heteroatoms. The zero-order valence-corrected chi connectivity index (χ0v) is 11.0. The molecule has 1 atom stereocenters. The van der Waals surface area contributed by atoms with Gasteiger partial charge in [-0.3, -0.25) is 0 Å². The minimum atomic E-state index is 0.0585. The molecule has 1 aromatic carbocycles. The molecule has 1 heterocycles. The van der Waals surface area contributed by atoms with Gasteiger partial charge in [0.15, 0.2) is 5.88 Å². The van der Waals surface area contributed by atoms with Crippen LogP contribution in [0.4, 0.5) is 0 Å². The predicted octanol–water partition coefficient (Wildman–Crippen LogP) is 3.41. The van der Waals surface area contributed by atoms with E-state index in [2.05, 4.69) is 54.4 Å². The van der Waals surface area contributed by atoms with Gasteiger partial charge in [-0.05, 0) is 29.4 Å². The minimum Gasteiger partial charge on any atom is -0.467 e. The second-order valence-corrected chi connectivity index (χ2v) is 4.80. The number of rotatable bonds is 3. The van der Waals surface area contributed by atoms with Crippen molar-refractivity contribution in [2.45, 2.75) is 12.6 Å². The van der Waals surface area contributed by atoms with Crippen LogP contribution in [0.2, 0.25) is 0 Å². The summed E-state index contributed by atoms with van der Waals surface area (Å²) in [5.74, 6) is 0.914. The number of benzene rings is 1. The van der Waals surface area contributed by atoms with E-state index in [1.54, 1.807) is 0 Å². The maximum Gasteiger partial charge on any atom is 0.190 e. The molecular weight excluding hydrogens is 234 g/mol. The molecule has 1 aliphatic heterocycles. The second kappa shape index (κ2) is 5.19. The van der Waals surface area contributed by atoms with Crippen molar-refractivity contribution < 1.29 is 4.74 Å². The molecular formula is C17H17NO. The molecule has 0 saturated heterocycles. The molecule has 3 rings (SSSR count). The first-order valence-corrected chi connectivity index (χ1v) is 6.51. The smallest absolute Gasteiger partial charge is 0.190 e. The minimum absolute atomic E-state index is 0.0585. The Morgan fingerprint density at radius 1 is 1.11 bits per heavy atom. The van der Waals surface area contributed by atoms with Gasteiger partial charge in [-0.25, -0.2) is 0 Å². The Bertz CT molecular complexity index is 566. The fourth-order valence-corrected chi connectivity index (χ4v) is 2.28. The number of ether oxygens (including phenoxy) is 1. The van der Waals surface area contributed by atoms with E-state index >= 15 is 0 Å². The molecule has 96 valence electrons. The van der Waals surface area contributed by atoms with Crippen LogP contribution in [0.5, 0.6) is 0 Å². The number of nitrogens with zero attached hydrogens (tertiary/aromatic N) is 1. The first-order chi connectivity index (χ1) is 9.33. The SMILES string of the molecule is CN(Cc1ccccc1)C1=CC=C2C=CC=CC2O1. The van der Waals surface area contributed by atoms with Crippen LogP contribution in [-0.2, 0) is 11.3 Å². The molecule has 19 heavy (non-hydrogen) atoms. The lowest BCUT2D eigenvalue weighted by atomic mass is 10.0. The van der Waals surface area contributed by atoms with Gasteiger partial charge in [-0.2, -0.15) is 0 Å². The molecule has 0 fully saturated rings. The summed E-state index contributed by atoms with van der Waals surface area (Å²) >= 11 is 0. The molecule has 0 N–H and O–H groups in total. The fourth-order valence-electron chi connectivity index (χ4n) is 2.28. The van der Waals surface area contributed by atoms with Crippen molar-refractivity contribution in [3.63, 3.8) is 0 Å². The summed E-state index contributed by atoms with van der Waals surface area (Å²) in [4.78, 5) is 2.13. The number of hydrogen-bond donors (Lipinski definition) is 0. The lowest BCUT2D eigenvalue weighted by Gasteiger charge is -2.29. The fraction of sp³-hybridized carbons (Fsp3) is 0.176. The Kier molecular flexibility index (Phi) is 3.23. The van der Waals surface area contributed by atoms with Crippen molar-refractivity contribution in [1.29, 1.82) is 0 Å². The monoisotopic (exact) mass is 251 g/mol. The van der Waals surface area contributed by atoms with Gasteiger partial charge in [0.1, 0.15) is 6.10 Å². The maximum absolute atomic E-state index is 6.01. The largest absolute Gasteiger partial charge is 0.467 e. The normalized spacial score (nSPS) is 20.2. The highest BCUT2D eigenvalue weighted by Gasteiger charge is 2.19. The zero-order chi connectivity index (χ0) is 13.1. The van der Waals surface area contributed by atoms with Gasteiger partial charge in [0.05, 0.1) is 0 Å². The molecule has 0 amide bonds. The molecule has 2 aliphatic rings. The van der Waals surface area contributed by atoms with Crippen LogP contribution in [0, 0.1) is 0 Å². The van der Waals surface area contributed by atoms with Gasteiger partial charge in [-0.1, -0.05) is 48.6 Å². The van der Waals surface area contributed by atoms with Crippen LogP contribution >= 0.6 is 0 Å². The van der Waals surface area contributed by atoms with Crippen LogP contribution in [0.15, 0.2) is 78.2 Å². The third-order valence-electron chi connectivity index (χ3n) is 3.32. The lowest BCUT2D eigenvalue weighted by Crippen LogP contribution is -2.26. The summed E-state index contributed by atoms with van der Waals surface area (Å²) < 4.78 is 6.01. The number of hydrogen-bond acceptors (Lipinski definition) is 2. The first kappa shape index (κ1) is 11.8. The topological polar surface area (TPSA) is 12.5 Å². The van der Waals surface area contributed by atoms with Crippen LogP contribution in [-0.4, -0.2) is 18.1 Å². The van der Waals surface area contributed by atoms with Crippen molar-refractivity contribution in [3.05, 3.63) is 83.8 Å². The van der Waals surface area contributed by atoms with Crippen LogP contribution < -0.4 is 0 Å². The third-order valence-corrected chi connectivity index (χ3v) is 3.32. The van der Waals surface area contributed by atoms with E-state index in [0.717, 1.165) is 12.4 Å². The summed E-state index contributed by atoms with van der Waals surface area (Å²) in [5.41, 5.74) is 2.49. The molecule has 0 bridgehead atoms. The van der Waals surface area contributed by atoms with Gasteiger partial charge in [0.2, 0.25) is 0 Å². The van der Waals surface area contributed by atoms with E-state index in [4.69, 9.17) is 4.74 Å². The van der Waals surface area contributed by atoms with E-state index < -0.39 is 0 Å². The molecule has 1 aliphatic carbocycles. The summed E-state index contributed by atoms with van der Waals surface area (Å²) in [5, 5.41) is 0. The van der Waals surface area contributed by atoms with Crippen molar-refractivity contribution >= 4 is 0 Å². The van der Waals surface area contributed by atoms with Crippen molar-refractivity contribution in [3.8, 4) is 0 Å². The molecule has 2 nitrogen and oxygen atoms in total. The van der Waals surface area contributed by atoms with Crippen LogP contribution in [0.3, 0.4) is 0 Å². The third kappa shape index (κ3) is 2.63. The quantitative estimate of drug-likeness (QED) is 0.816. The van der Waals surface area contributed by atoms with E-state index in [-0.39, 0.29) is 6.10 Å². The molecule has 1 unspecified atom stereocenters. The standard InChI is InChI=1S/C17H17NO/c1-18(13-14-7-3-2-4-8-14)17-12-11-15-9-5-6-10-16(15)19-17/h2-12,16H,13H2,1H3. The summed E-state index contributed by atoms with van der Waals surface area (Å²) in [6.07, 6.45) is 12.5. The summed E-state index contributed by atoms with van der Waals surface area (Å²) in [6.45, 7) is 0.849. The van der Waals surface area contributed by atoms with Gasteiger partial charge < -0.3 is 9.64 Å². The average Bonchev–Trinajstić information content (AvgIpc) is 2.48. The van der Waals surface area contributed by atoms with Crippen molar-refractivity contribution in [2.24, 2.45) is 0 Å². The molecule has 0 saturated carbocycles. The van der Waals surface area contributed by atoms with Crippen molar-refractivity contribution in [1.82, 2.24) is 4.90 Å². The Hall–Kier alpha value is -2.22. The Morgan fingerprint density at radius 3 is 2.79 bits per heavy atom. The Morgan fingerprint density at radius 2 is 1.95 bits per heavy atom. The van der Waals surface area contributed by atoms with Gasteiger partial charge >= 0.3 is 0 Å². The van der Waals surface area contributed by atoms with E-state index in [0.29, 0.717) is 0 Å². The lowest BCUT2D eigenvalue weighted by molar-refractivity contribution is 0.100. The van der Waals surface area contributed by atoms with Crippen LogP contribution in [0.25, 0.3) is 0 Å². The van der Waals surface area contributed by atoms with Crippen LogP contribution in [0.1, 0.15) is 5.56 Å². The van der Waals surface area contributed by atoms with E-state index in [9.17, 15) is 0 Å². The summed E-state index contributed by atoms with van der Waals surface area (Å²) in [6, 6.07) is 10.4. The number of allylic oxidation sites excluding steroid dienone is 4. The highest BCUT2D eigenvalue weighted by Crippen LogP contribution is 2.24. The Balaban J connectivity index is 1.73. The van der Waals surface area contributed by atoms with Gasteiger partial charge in [0, 0.05) is 13.6 Å². The predicted molar refractivity (Wildman–Crippen MR) is 77.2 cm³/mol. The highest BCUT2D eigenvalue weighted by atomic mass is 16.5. The highest BCUT2D eigenvalue weighted by molar-refractivity contribution is 5.39. The molecule has 0 aromatic heterocycles. The van der Waals surface area contributed by atoms with Gasteiger partial charge in [-0.15, -0.1) is 0 Å². The second-order valence-electron chi connectivity index (χ2n) is 4.80. The molecule has 0 radical (unpaired) electrons. The van der Waals surface area contributed by atoms with Crippen molar-refractivity contribution in [2.75, 3.05) is 7.05 Å². The summed E-state index contributed by atoms with van der Waals surface area (Å²) in [7, 11) is 2.06. The number of fused-ring (bicyclic) bond motifs is 1. The van der Waals surface area contributed by atoms with E-state index in [1.165, 1.54) is 11.1 Å². The Labute approximate surface area is 114 Å². The average molecular weight is 251 g/mol. The van der Waals surface area contributed by atoms with Gasteiger partial charge in [0.25, 0.3) is 0 Å². The maximum atomic E-state index is 6.01. The van der Waals surface area contributed by atoms with E-state index in [1.807, 2.05) is 24.3 Å². The zero-order valence-electron chi connectivity index (χ0n) is 11.0. The molecule has 0 spiro atoms. The molecule has 1 aromatic rings.